The molecule has 1 saturated carbocycles. The lowest BCUT2D eigenvalue weighted by Crippen LogP contribution is -2.53. The molecule has 0 aromatic carbocycles. The van der Waals surface area contributed by atoms with Crippen molar-refractivity contribution in [1.82, 2.24) is 10.6 Å². The first-order valence-electron chi connectivity index (χ1n) is 5.82. The van der Waals surface area contributed by atoms with Crippen molar-refractivity contribution in [2.24, 2.45) is 11.3 Å². The monoisotopic (exact) mass is 226 g/mol. The number of hydrogen-bond acceptors (Lipinski definition) is 3. The van der Waals surface area contributed by atoms with E-state index in [1.165, 1.54) is 0 Å². The number of nitrogens with one attached hydrogen (secondary N) is 2. The van der Waals surface area contributed by atoms with Crippen molar-refractivity contribution in [2.45, 2.75) is 25.7 Å². The third kappa shape index (κ3) is 2.35. The van der Waals surface area contributed by atoms with Crippen LogP contribution in [0.5, 0.6) is 0 Å². The van der Waals surface area contributed by atoms with Gasteiger partial charge in [0.1, 0.15) is 0 Å². The van der Waals surface area contributed by atoms with Gasteiger partial charge in [0.05, 0.1) is 12.3 Å². The molecule has 0 atom stereocenters. The molecule has 0 spiro atoms. The molecule has 0 aromatic rings. The quantitative estimate of drug-likeness (QED) is 0.615. The number of carbonyl (C=O) groups is 2. The van der Waals surface area contributed by atoms with Crippen LogP contribution in [0, 0.1) is 11.3 Å². The lowest BCUT2D eigenvalue weighted by molar-refractivity contribution is -0.142. The molecule has 5 heteroatoms. The molecule has 2 rings (SSSR count). The van der Waals surface area contributed by atoms with Gasteiger partial charge in [-0.1, -0.05) is 6.42 Å². The highest BCUT2D eigenvalue weighted by Gasteiger charge is 2.39. The van der Waals surface area contributed by atoms with Gasteiger partial charge in [0.15, 0.2) is 0 Å². The van der Waals surface area contributed by atoms with Gasteiger partial charge in [0.25, 0.3) is 0 Å². The molecule has 3 N–H and O–H groups in total. The Morgan fingerprint density at radius 3 is 2.44 bits per heavy atom. The van der Waals surface area contributed by atoms with Crippen LogP contribution in [-0.4, -0.2) is 36.6 Å². The van der Waals surface area contributed by atoms with E-state index in [1.54, 1.807) is 0 Å². The third-order valence-electron chi connectivity index (χ3n) is 3.73. The predicted octanol–water partition coefficient (Wildman–Crippen LogP) is -0.0330. The molecular formula is C11H18N2O3. The summed E-state index contributed by atoms with van der Waals surface area (Å²) in [5.41, 5.74) is -0.168. The van der Waals surface area contributed by atoms with Crippen LogP contribution in [0.2, 0.25) is 0 Å². The molecule has 0 bridgehead atoms. The minimum Gasteiger partial charge on any atom is -0.481 e. The summed E-state index contributed by atoms with van der Waals surface area (Å²) in [6.07, 6.45) is 3.09. The Morgan fingerprint density at radius 1 is 1.38 bits per heavy atom. The summed E-state index contributed by atoms with van der Waals surface area (Å²) in [6, 6.07) is 0. The van der Waals surface area contributed by atoms with E-state index in [2.05, 4.69) is 10.6 Å². The number of carbonyl (C=O) groups excluding carboxylic acids is 1. The fourth-order valence-electron chi connectivity index (χ4n) is 2.31. The van der Waals surface area contributed by atoms with Crippen molar-refractivity contribution in [1.29, 1.82) is 0 Å². The summed E-state index contributed by atoms with van der Waals surface area (Å²) >= 11 is 0. The summed E-state index contributed by atoms with van der Waals surface area (Å²) < 4.78 is 0. The largest absolute Gasteiger partial charge is 0.481 e. The van der Waals surface area contributed by atoms with Gasteiger partial charge >= 0.3 is 5.97 Å². The minimum atomic E-state index is -0.765. The number of hydrogen-bond donors (Lipinski definition) is 3. The fraction of sp³-hybridized carbons (Fsp3) is 0.818. The molecule has 16 heavy (non-hydrogen) atoms. The van der Waals surface area contributed by atoms with Gasteiger partial charge in [0, 0.05) is 19.6 Å². The first-order valence-corrected chi connectivity index (χ1v) is 5.82. The van der Waals surface area contributed by atoms with E-state index in [4.69, 9.17) is 5.11 Å². The third-order valence-corrected chi connectivity index (χ3v) is 3.73. The first kappa shape index (κ1) is 11.4. The number of aliphatic carboxylic acids is 1. The zero-order valence-corrected chi connectivity index (χ0v) is 9.29. The Kier molecular flexibility index (Phi) is 3.14. The second-order valence-electron chi connectivity index (χ2n) is 5.00. The van der Waals surface area contributed by atoms with Crippen LogP contribution in [0.4, 0.5) is 0 Å². The molecular weight excluding hydrogens is 208 g/mol. The van der Waals surface area contributed by atoms with Crippen molar-refractivity contribution >= 4 is 11.9 Å². The highest BCUT2D eigenvalue weighted by molar-refractivity contribution is 5.80. The lowest BCUT2D eigenvalue weighted by Gasteiger charge is -2.41. The van der Waals surface area contributed by atoms with Gasteiger partial charge in [-0.15, -0.1) is 0 Å². The van der Waals surface area contributed by atoms with Gasteiger partial charge in [0.2, 0.25) is 5.91 Å². The Bertz CT molecular complexity index is 296. The van der Waals surface area contributed by atoms with E-state index in [0.29, 0.717) is 6.54 Å². The van der Waals surface area contributed by atoms with Crippen LogP contribution in [0.1, 0.15) is 25.7 Å². The summed E-state index contributed by atoms with van der Waals surface area (Å²) in [7, 11) is 0. The summed E-state index contributed by atoms with van der Waals surface area (Å²) in [4.78, 5) is 22.3. The number of rotatable bonds is 5. The van der Waals surface area contributed by atoms with Crippen LogP contribution >= 0.6 is 0 Å². The summed E-state index contributed by atoms with van der Waals surface area (Å²) in [5, 5.41) is 14.8. The predicted molar refractivity (Wildman–Crippen MR) is 57.9 cm³/mol. The van der Waals surface area contributed by atoms with E-state index >= 15 is 0 Å². The zero-order chi connectivity index (χ0) is 11.6. The molecule has 5 nitrogen and oxygen atoms in total. The average molecular weight is 226 g/mol. The van der Waals surface area contributed by atoms with E-state index < -0.39 is 5.97 Å². The Morgan fingerprint density at radius 2 is 2.06 bits per heavy atom. The Balaban J connectivity index is 1.78. The van der Waals surface area contributed by atoms with E-state index in [9.17, 15) is 9.59 Å². The smallest absolute Gasteiger partial charge is 0.303 e. The van der Waals surface area contributed by atoms with Crippen LogP contribution in [0.15, 0.2) is 0 Å². The lowest BCUT2D eigenvalue weighted by atomic mass is 9.66. The van der Waals surface area contributed by atoms with Gasteiger partial charge in [-0.25, -0.2) is 0 Å². The van der Waals surface area contributed by atoms with Crippen molar-refractivity contribution in [3.05, 3.63) is 0 Å². The highest BCUT2D eigenvalue weighted by Crippen LogP contribution is 2.43. The van der Waals surface area contributed by atoms with E-state index in [-0.39, 0.29) is 23.7 Å². The van der Waals surface area contributed by atoms with E-state index in [1.807, 2.05) is 0 Å². The summed E-state index contributed by atoms with van der Waals surface area (Å²) in [5.74, 6) is -0.614. The molecule has 2 fully saturated rings. The van der Waals surface area contributed by atoms with Crippen LogP contribution < -0.4 is 10.6 Å². The molecule has 1 saturated heterocycles. The second-order valence-corrected chi connectivity index (χ2v) is 5.00. The number of carboxylic acid groups (broad SMARTS) is 1. The SMILES string of the molecule is O=C(O)CC1(CNC(=O)C2CNC2)CCC1. The maximum absolute atomic E-state index is 11.6. The standard InChI is InChI=1S/C11H18N2O3/c14-9(15)4-11(2-1-3-11)7-13-10(16)8-5-12-6-8/h8,12H,1-7H2,(H,13,16)(H,14,15). The molecule has 1 aliphatic carbocycles. The highest BCUT2D eigenvalue weighted by atomic mass is 16.4. The van der Waals surface area contributed by atoms with Gasteiger partial charge in [-0.2, -0.15) is 0 Å². The minimum absolute atomic E-state index is 0.0652. The molecule has 0 radical (unpaired) electrons. The van der Waals surface area contributed by atoms with E-state index in [0.717, 1.165) is 32.4 Å². The second kappa shape index (κ2) is 4.41. The molecule has 90 valence electrons. The summed E-state index contributed by atoms with van der Waals surface area (Å²) in [6.45, 7) is 2.02. The van der Waals surface area contributed by atoms with Gasteiger partial charge in [-0.3, -0.25) is 9.59 Å². The van der Waals surface area contributed by atoms with Crippen molar-refractivity contribution in [2.75, 3.05) is 19.6 Å². The molecule has 0 aromatic heterocycles. The molecule has 1 amide bonds. The Hall–Kier alpha value is -1.10. The van der Waals surface area contributed by atoms with Crippen molar-refractivity contribution in [3.63, 3.8) is 0 Å². The van der Waals surface area contributed by atoms with Gasteiger partial charge in [-0.05, 0) is 18.3 Å². The topological polar surface area (TPSA) is 78.4 Å². The Labute approximate surface area is 94.6 Å². The first-order chi connectivity index (χ1) is 7.61. The van der Waals surface area contributed by atoms with Crippen LogP contribution in [0.3, 0.4) is 0 Å². The maximum atomic E-state index is 11.6. The van der Waals surface area contributed by atoms with Crippen LogP contribution in [-0.2, 0) is 9.59 Å². The average Bonchev–Trinajstić information content (AvgIpc) is 2.05. The normalized spacial score (nSPS) is 23.0. The molecule has 1 aliphatic heterocycles. The fourth-order valence-corrected chi connectivity index (χ4v) is 2.31. The van der Waals surface area contributed by atoms with Crippen molar-refractivity contribution in [3.8, 4) is 0 Å². The number of carboxylic acids is 1. The van der Waals surface area contributed by atoms with Crippen molar-refractivity contribution < 1.29 is 14.7 Å². The molecule has 0 unspecified atom stereocenters. The zero-order valence-electron chi connectivity index (χ0n) is 9.29. The molecule has 1 heterocycles. The molecule has 2 aliphatic rings. The van der Waals surface area contributed by atoms with Gasteiger partial charge < -0.3 is 15.7 Å². The maximum Gasteiger partial charge on any atom is 0.303 e. The van der Waals surface area contributed by atoms with Crippen LogP contribution in [0.25, 0.3) is 0 Å². The number of amides is 1.